The monoisotopic (exact) mass is 356 g/mol. The van der Waals surface area contributed by atoms with E-state index in [9.17, 15) is 13.2 Å². The van der Waals surface area contributed by atoms with E-state index in [0.717, 1.165) is 22.3 Å². The molecule has 0 saturated carbocycles. The van der Waals surface area contributed by atoms with Gasteiger partial charge >= 0.3 is 0 Å². The number of carbonyl (C=O) groups excluding carboxylic acids is 1. The average Bonchev–Trinajstić information content (AvgIpc) is 2.48. The lowest BCUT2D eigenvalue weighted by molar-refractivity contribution is -0.128. The molecule has 6 nitrogen and oxygen atoms in total. The van der Waals surface area contributed by atoms with Crippen LogP contribution in [0.1, 0.15) is 22.3 Å². The van der Waals surface area contributed by atoms with Gasteiger partial charge in [0, 0.05) is 27.7 Å². The van der Waals surface area contributed by atoms with Gasteiger partial charge in [0.05, 0.1) is 18.0 Å². The van der Waals surface area contributed by atoms with Crippen molar-refractivity contribution < 1.29 is 17.9 Å². The van der Waals surface area contributed by atoms with Gasteiger partial charge in [-0.1, -0.05) is 6.07 Å². The second kappa shape index (κ2) is 8.09. The van der Waals surface area contributed by atoms with E-state index in [1.54, 1.807) is 27.9 Å². The lowest BCUT2D eigenvalue weighted by Gasteiger charge is -2.25. The van der Waals surface area contributed by atoms with Crippen molar-refractivity contribution in [1.29, 1.82) is 0 Å². The fourth-order valence-electron chi connectivity index (χ4n) is 2.47. The third kappa shape index (κ3) is 4.34. The van der Waals surface area contributed by atoms with Crippen molar-refractivity contribution in [3.63, 3.8) is 0 Å². The summed E-state index contributed by atoms with van der Waals surface area (Å²) in [5.74, 6) is -0.269. The molecule has 0 bridgehead atoms. The number of aryl methyl sites for hydroxylation is 2. The van der Waals surface area contributed by atoms with Crippen LogP contribution in [0.4, 0.5) is 0 Å². The van der Waals surface area contributed by atoms with E-state index in [1.165, 1.54) is 16.3 Å². The highest BCUT2D eigenvalue weighted by Crippen LogP contribution is 2.28. The number of likely N-dealkylation sites (N-methyl/N-ethyl adjacent to an activating group) is 1. The molecule has 0 N–H and O–H groups in total. The van der Waals surface area contributed by atoms with Crippen LogP contribution in [0.2, 0.25) is 0 Å². The molecule has 0 fully saturated rings. The molecule has 0 atom stereocenters. The van der Waals surface area contributed by atoms with Gasteiger partial charge in [-0.05, 0) is 49.9 Å². The Morgan fingerprint density at radius 3 is 2.00 bits per heavy atom. The minimum atomic E-state index is -3.80. The van der Waals surface area contributed by atoms with E-state index in [1.807, 2.05) is 19.9 Å². The van der Waals surface area contributed by atoms with Crippen LogP contribution in [0.15, 0.2) is 11.0 Å². The van der Waals surface area contributed by atoms with Crippen molar-refractivity contribution in [2.45, 2.75) is 32.6 Å². The molecule has 0 saturated heterocycles. The fourth-order valence-corrected chi connectivity index (χ4v) is 4.42. The van der Waals surface area contributed by atoms with Gasteiger partial charge in [-0.15, -0.1) is 0 Å². The van der Waals surface area contributed by atoms with Gasteiger partial charge in [0.2, 0.25) is 15.9 Å². The lowest BCUT2D eigenvalue weighted by Crippen LogP contribution is -2.42. The minimum absolute atomic E-state index is 0.129. The second-order valence-corrected chi connectivity index (χ2v) is 8.08. The average molecular weight is 356 g/mol. The van der Waals surface area contributed by atoms with E-state index in [4.69, 9.17) is 4.74 Å². The lowest BCUT2D eigenvalue weighted by atomic mass is 10.0. The molecule has 0 aliphatic carbocycles. The number of sulfonamides is 1. The van der Waals surface area contributed by atoms with Crippen LogP contribution in [-0.4, -0.2) is 64.4 Å². The predicted molar refractivity (Wildman–Crippen MR) is 94.7 cm³/mol. The Hall–Kier alpha value is -1.44. The van der Waals surface area contributed by atoms with Gasteiger partial charge in [-0.2, -0.15) is 4.31 Å². The maximum absolute atomic E-state index is 13.2. The SMILES string of the molecule is COCCN(CC(=O)N(C)C)S(=O)(=O)c1c(C)c(C)cc(C)c1C. The Labute approximate surface area is 145 Å². The molecule has 0 aromatic heterocycles. The zero-order chi connectivity index (χ0) is 18.7. The number of rotatable bonds is 7. The first-order chi connectivity index (χ1) is 11.0. The molecule has 7 heteroatoms. The van der Waals surface area contributed by atoms with Crippen LogP contribution < -0.4 is 0 Å². The summed E-state index contributed by atoms with van der Waals surface area (Å²) < 4.78 is 32.7. The molecule has 1 amide bonds. The van der Waals surface area contributed by atoms with Gasteiger partial charge in [-0.3, -0.25) is 4.79 Å². The Bertz CT molecular complexity index is 686. The van der Waals surface area contributed by atoms with Gasteiger partial charge in [0.15, 0.2) is 0 Å². The number of carbonyl (C=O) groups is 1. The zero-order valence-corrected chi connectivity index (χ0v) is 16.5. The summed E-state index contributed by atoms with van der Waals surface area (Å²) >= 11 is 0. The number of ether oxygens (including phenoxy) is 1. The smallest absolute Gasteiger partial charge is 0.244 e. The third-order valence-corrected chi connectivity index (χ3v) is 6.37. The molecular weight excluding hydrogens is 328 g/mol. The summed E-state index contributed by atoms with van der Waals surface area (Å²) in [4.78, 5) is 13.8. The fraction of sp³-hybridized carbons (Fsp3) is 0.588. The maximum atomic E-state index is 13.2. The Kier molecular flexibility index (Phi) is 6.95. The van der Waals surface area contributed by atoms with Crippen LogP contribution in [0.5, 0.6) is 0 Å². The first kappa shape index (κ1) is 20.6. The zero-order valence-electron chi connectivity index (χ0n) is 15.6. The van der Waals surface area contributed by atoms with Crippen molar-refractivity contribution in [3.05, 3.63) is 28.3 Å². The van der Waals surface area contributed by atoms with Crippen LogP contribution in [0.25, 0.3) is 0 Å². The van der Waals surface area contributed by atoms with E-state index in [0.29, 0.717) is 4.90 Å². The molecule has 0 aliphatic rings. The van der Waals surface area contributed by atoms with Crippen LogP contribution in [0.3, 0.4) is 0 Å². The number of hydrogen-bond donors (Lipinski definition) is 0. The standard InChI is InChI=1S/C17H28N2O4S/c1-12-10-13(2)15(4)17(14(12)3)24(21,22)19(8-9-23-7)11-16(20)18(5)6/h10H,8-9,11H2,1-7H3. The van der Waals surface area contributed by atoms with Crippen molar-refractivity contribution in [2.24, 2.45) is 0 Å². The number of benzene rings is 1. The summed E-state index contributed by atoms with van der Waals surface area (Å²) in [6, 6.07) is 1.98. The van der Waals surface area contributed by atoms with E-state index in [2.05, 4.69) is 0 Å². The molecule has 24 heavy (non-hydrogen) atoms. The highest BCUT2D eigenvalue weighted by atomic mass is 32.2. The summed E-state index contributed by atoms with van der Waals surface area (Å²) in [6.45, 7) is 7.54. The van der Waals surface area contributed by atoms with Gasteiger partial charge < -0.3 is 9.64 Å². The van der Waals surface area contributed by atoms with Gasteiger partial charge in [0.1, 0.15) is 0 Å². The molecule has 0 spiro atoms. The molecule has 1 aromatic rings. The first-order valence-electron chi connectivity index (χ1n) is 7.80. The predicted octanol–water partition coefficient (Wildman–Crippen LogP) is 1.65. The maximum Gasteiger partial charge on any atom is 0.244 e. The summed E-state index contributed by atoms with van der Waals surface area (Å²) in [6.07, 6.45) is 0. The number of nitrogens with zero attached hydrogens (tertiary/aromatic N) is 2. The normalized spacial score (nSPS) is 11.8. The van der Waals surface area contributed by atoms with Crippen molar-refractivity contribution in [2.75, 3.05) is 40.9 Å². The topological polar surface area (TPSA) is 66.9 Å². The molecule has 1 aromatic carbocycles. The molecule has 0 unspecified atom stereocenters. The molecular formula is C17H28N2O4S. The first-order valence-corrected chi connectivity index (χ1v) is 9.24. The Balaban J connectivity index is 3.43. The van der Waals surface area contributed by atoms with E-state index < -0.39 is 10.0 Å². The second-order valence-electron chi connectivity index (χ2n) is 6.21. The third-order valence-electron chi connectivity index (χ3n) is 4.25. The van der Waals surface area contributed by atoms with Crippen molar-refractivity contribution in [3.8, 4) is 0 Å². The quantitative estimate of drug-likeness (QED) is 0.745. The molecule has 0 heterocycles. The number of methoxy groups -OCH3 is 1. The number of amides is 1. The summed E-state index contributed by atoms with van der Waals surface area (Å²) in [5, 5.41) is 0. The van der Waals surface area contributed by atoms with Crippen molar-refractivity contribution >= 4 is 15.9 Å². The van der Waals surface area contributed by atoms with Crippen LogP contribution in [0, 0.1) is 27.7 Å². The van der Waals surface area contributed by atoms with Gasteiger partial charge in [-0.25, -0.2) is 8.42 Å². The van der Waals surface area contributed by atoms with Crippen LogP contribution >= 0.6 is 0 Å². The Morgan fingerprint density at radius 1 is 1.08 bits per heavy atom. The molecule has 0 aliphatic heterocycles. The van der Waals surface area contributed by atoms with Gasteiger partial charge in [0.25, 0.3) is 0 Å². The number of hydrogen-bond acceptors (Lipinski definition) is 4. The van der Waals surface area contributed by atoms with Crippen molar-refractivity contribution in [1.82, 2.24) is 9.21 Å². The minimum Gasteiger partial charge on any atom is -0.383 e. The Morgan fingerprint density at radius 2 is 1.58 bits per heavy atom. The highest BCUT2D eigenvalue weighted by Gasteiger charge is 2.30. The summed E-state index contributed by atoms with van der Waals surface area (Å²) in [5.41, 5.74) is 3.28. The molecule has 136 valence electrons. The van der Waals surface area contributed by atoms with E-state index in [-0.39, 0.29) is 25.6 Å². The van der Waals surface area contributed by atoms with E-state index >= 15 is 0 Å². The highest BCUT2D eigenvalue weighted by molar-refractivity contribution is 7.89. The largest absolute Gasteiger partial charge is 0.383 e. The van der Waals surface area contributed by atoms with Crippen LogP contribution in [-0.2, 0) is 19.6 Å². The summed E-state index contributed by atoms with van der Waals surface area (Å²) in [7, 11) is 0.919. The molecule has 1 rings (SSSR count). The molecule has 0 radical (unpaired) electrons.